The van der Waals surface area contributed by atoms with Crippen molar-refractivity contribution in [1.82, 2.24) is 15.2 Å². The lowest BCUT2D eigenvalue weighted by molar-refractivity contribution is 0.0703. The average molecular weight is 221 g/mol. The van der Waals surface area contributed by atoms with Crippen LogP contribution in [0, 0.1) is 6.92 Å². The minimum atomic E-state index is -0.00815. The van der Waals surface area contributed by atoms with Gasteiger partial charge in [-0.2, -0.15) is 0 Å². The summed E-state index contributed by atoms with van der Waals surface area (Å²) in [5.74, 6) is 0.388. The highest BCUT2D eigenvalue weighted by atomic mass is 16.3. The third-order valence-corrected chi connectivity index (χ3v) is 3.59. The number of nitrogens with zero attached hydrogens (tertiary/aromatic N) is 2. The van der Waals surface area contributed by atoms with Crippen molar-refractivity contribution < 1.29 is 9.21 Å². The van der Waals surface area contributed by atoms with E-state index in [1.54, 1.807) is 6.92 Å². The Hall–Kier alpha value is -1.36. The quantitative estimate of drug-likeness (QED) is 0.752. The summed E-state index contributed by atoms with van der Waals surface area (Å²) in [4.78, 5) is 18.1. The molecule has 2 unspecified atom stereocenters. The predicted molar refractivity (Wildman–Crippen MR) is 57.1 cm³/mol. The normalized spacial score (nSPS) is 28.4. The van der Waals surface area contributed by atoms with E-state index >= 15 is 0 Å². The van der Waals surface area contributed by atoms with E-state index in [2.05, 4.69) is 10.3 Å². The van der Waals surface area contributed by atoms with Crippen LogP contribution in [0.4, 0.5) is 0 Å². The van der Waals surface area contributed by atoms with E-state index in [0.29, 0.717) is 23.5 Å². The average Bonchev–Trinajstić information content (AvgIpc) is 2.90. The summed E-state index contributed by atoms with van der Waals surface area (Å²) in [7, 11) is 0. The number of carbonyl (C=O) groups excluding carboxylic acids is 1. The van der Waals surface area contributed by atoms with Crippen LogP contribution in [0.1, 0.15) is 29.1 Å². The lowest BCUT2D eigenvalue weighted by Crippen LogP contribution is -2.38. The minimum Gasteiger partial charge on any atom is -0.438 e. The number of hydrogen-bond acceptors (Lipinski definition) is 4. The van der Waals surface area contributed by atoms with Gasteiger partial charge >= 0.3 is 0 Å². The zero-order valence-electron chi connectivity index (χ0n) is 9.27. The molecular formula is C11H15N3O2. The van der Waals surface area contributed by atoms with E-state index < -0.39 is 0 Å². The summed E-state index contributed by atoms with van der Waals surface area (Å²) >= 11 is 0. The van der Waals surface area contributed by atoms with Gasteiger partial charge in [-0.3, -0.25) is 4.79 Å². The van der Waals surface area contributed by atoms with Gasteiger partial charge in [0.25, 0.3) is 5.91 Å². The molecule has 86 valence electrons. The number of oxazole rings is 1. The van der Waals surface area contributed by atoms with Crippen LogP contribution < -0.4 is 5.32 Å². The van der Waals surface area contributed by atoms with Crippen LogP contribution in [0.5, 0.6) is 0 Å². The number of aryl methyl sites for hydroxylation is 1. The molecule has 2 fully saturated rings. The highest BCUT2D eigenvalue weighted by Crippen LogP contribution is 2.27. The summed E-state index contributed by atoms with van der Waals surface area (Å²) < 4.78 is 5.16. The van der Waals surface area contributed by atoms with Crippen LogP contribution >= 0.6 is 0 Å². The predicted octanol–water partition coefficient (Wildman–Crippen LogP) is 0.559. The van der Waals surface area contributed by atoms with Crippen molar-refractivity contribution in [2.75, 3.05) is 13.1 Å². The van der Waals surface area contributed by atoms with Crippen molar-refractivity contribution in [3.63, 3.8) is 0 Å². The number of aromatic nitrogens is 1. The first kappa shape index (κ1) is 9.84. The van der Waals surface area contributed by atoms with Gasteiger partial charge in [-0.25, -0.2) is 4.98 Å². The van der Waals surface area contributed by atoms with Crippen molar-refractivity contribution >= 4 is 5.91 Å². The first-order valence-corrected chi connectivity index (χ1v) is 5.72. The molecule has 2 atom stereocenters. The molecule has 3 heterocycles. The number of fused-ring (bicyclic) bond motifs is 1. The Balaban J connectivity index is 1.83. The molecule has 16 heavy (non-hydrogen) atoms. The fourth-order valence-corrected chi connectivity index (χ4v) is 2.76. The smallest absolute Gasteiger partial charge is 0.291 e. The Bertz CT molecular complexity index is 415. The Kier molecular flexibility index (Phi) is 2.21. The second-order valence-corrected chi connectivity index (χ2v) is 4.47. The van der Waals surface area contributed by atoms with Crippen molar-refractivity contribution in [2.24, 2.45) is 0 Å². The van der Waals surface area contributed by atoms with Gasteiger partial charge in [0.2, 0.25) is 5.76 Å². The molecule has 1 N–H and O–H groups in total. The molecule has 5 nitrogen and oxygen atoms in total. The molecule has 0 saturated carbocycles. The topological polar surface area (TPSA) is 58.4 Å². The molecule has 2 aliphatic rings. The first-order chi connectivity index (χ1) is 7.77. The zero-order chi connectivity index (χ0) is 11.1. The third kappa shape index (κ3) is 1.35. The SMILES string of the molecule is Cc1ncoc1C(=O)N1CCC2NCCC21. The van der Waals surface area contributed by atoms with E-state index in [9.17, 15) is 4.79 Å². The van der Waals surface area contributed by atoms with Gasteiger partial charge in [-0.15, -0.1) is 0 Å². The summed E-state index contributed by atoms with van der Waals surface area (Å²) in [5.41, 5.74) is 0.680. The second kappa shape index (κ2) is 3.59. The fourth-order valence-electron chi connectivity index (χ4n) is 2.76. The minimum absolute atomic E-state index is 0.00815. The Morgan fingerprint density at radius 2 is 2.50 bits per heavy atom. The Morgan fingerprint density at radius 1 is 1.62 bits per heavy atom. The summed E-state index contributed by atoms with van der Waals surface area (Å²) in [6.45, 7) is 3.63. The Labute approximate surface area is 93.8 Å². The molecule has 0 spiro atoms. The fraction of sp³-hybridized carbons (Fsp3) is 0.636. The molecule has 2 saturated heterocycles. The van der Waals surface area contributed by atoms with Gasteiger partial charge in [-0.1, -0.05) is 0 Å². The molecule has 1 aromatic heterocycles. The number of hydrogen-bond donors (Lipinski definition) is 1. The first-order valence-electron chi connectivity index (χ1n) is 5.72. The molecule has 5 heteroatoms. The van der Waals surface area contributed by atoms with Crippen molar-refractivity contribution in [3.8, 4) is 0 Å². The largest absolute Gasteiger partial charge is 0.438 e. The van der Waals surface area contributed by atoms with Gasteiger partial charge < -0.3 is 14.6 Å². The van der Waals surface area contributed by atoms with Crippen LogP contribution in [0.3, 0.4) is 0 Å². The van der Waals surface area contributed by atoms with Crippen LogP contribution in [0.25, 0.3) is 0 Å². The summed E-state index contributed by atoms with van der Waals surface area (Å²) in [6.07, 6.45) is 3.43. The lowest BCUT2D eigenvalue weighted by atomic mass is 10.1. The highest BCUT2D eigenvalue weighted by molar-refractivity contribution is 5.92. The standard InChI is InChI=1S/C11H15N3O2/c1-7-10(16-6-13-7)11(15)14-5-3-8-9(14)2-4-12-8/h6,8-9,12H,2-5H2,1H3. The number of amides is 1. The van der Waals surface area contributed by atoms with E-state index in [-0.39, 0.29) is 5.91 Å². The molecule has 0 aliphatic carbocycles. The van der Waals surface area contributed by atoms with E-state index in [1.807, 2.05) is 4.90 Å². The Morgan fingerprint density at radius 3 is 3.25 bits per heavy atom. The van der Waals surface area contributed by atoms with Crippen LogP contribution in [-0.2, 0) is 0 Å². The molecule has 3 rings (SSSR count). The molecule has 0 bridgehead atoms. The van der Waals surface area contributed by atoms with Gasteiger partial charge in [-0.05, 0) is 26.3 Å². The molecule has 1 aromatic rings. The van der Waals surface area contributed by atoms with Crippen molar-refractivity contribution in [3.05, 3.63) is 17.8 Å². The maximum atomic E-state index is 12.2. The number of likely N-dealkylation sites (tertiary alicyclic amines) is 1. The third-order valence-electron chi connectivity index (χ3n) is 3.59. The van der Waals surface area contributed by atoms with Crippen LogP contribution in [0.15, 0.2) is 10.8 Å². The van der Waals surface area contributed by atoms with Crippen molar-refractivity contribution in [2.45, 2.75) is 31.8 Å². The molecule has 0 radical (unpaired) electrons. The van der Waals surface area contributed by atoms with Gasteiger partial charge in [0, 0.05) is 18.6 Å². The maximum Gasteiger partial charge on any atom is 0.291 e. The summed E-state index contributed by atoms with van der Waals surface area (Å²) in [5, 5.41) is 3.42. The van der Waals surface area contributed by atoms with Crippen LogP contribution in [0.2, 0.25) is 0 Å². The van der Waals surface area contributed by atoms with E-state index in [1.165, 1.54) is 6.39 Å². The molecule has 1 amide bonds. The van der Waals surface area contributed by atoms with Crippen molar-refractivity contribution in [1.29, 1.82) is 0 Å². The monoisotopic (exact) mass is 221 g/mol. The van der Waals surface area contributed by atoms with Crippen LogP contribution in [-0.4, -0.2) is 41.0 Å². The zero-order valence-corrected chi connectivity index (χ0v) is 9.27. The number of nitrogens with one attached hydrogen (secondary N) is 1. The van der Waals surface area contributed by atoms with E-state index in [4.69, 9.17) is 4.42 Å². The summed E-state index contributed by atoms with van der Waals surface area (Å²) in [6, 6.07) is 0.823. The maximum absolute atomic E-state index is 12.2. The number of carbonyl (C=O) groups is 1. The molecular weight excluding hydrogens is 206 g/mol. The lowest BCUT2D eigenvalue weighted by Gasteiger charge is -2.22. The van der Waals surface area contributed by atoms with E-state index in [0.717, 1.165) is 25.9 Å². The molecule has 2 aliphatic heterocycles. The number of rotatable bonds is 1. The van der Waals surface area contributed by atoms with Gasteiger partial charge in [0.05, 0.1) is 5.69 Å². The highest BCUT2D eigenvalue weighted by Gasteiger charge is 2.41. The molecule has 0 aromatic carbocycles. The van der Waals surface area contributed by atoms with Gasteiger partial charge in [0.15, 0.2) is 6.39 Å². The van der Waals surface area contributed by atoms with Gasteiger partial charge in [0.1, 0.15) is 0 Å². The second-order valence-electron chi connectivity index (χ2n) is 4.47.